The van der Waals surface area contributed by atoms with Crippen LogP contribution in [-0.4, -0.2) is 62.3 Å². The van der Waals surface area contributed by atoms with E-state index in [-0.39, 0.29) is 30.5 Å². The van der Waals surface area contributed by atoms with E-state index >= 15 is 0 Å². The zero-order valence-corrected chi connectivity index (χ0v) is 17.9. The molecular weight excluding hydrogens is 429 g/mol. The number of carboxylic acid groups (broad SMARTS) is 1. The predicted octanol–water partition coefficient (Wildman–Crippen LogP) is 2.28. The molecule has 168 valence electrons. The van der Waals surface area contributed by atoms with Gasteiger partial charge in [-0.25, -0.2) is 12.8 Å². The fourth-order valence-corrected chi connectivity index (χ4v) is 5.08. The molecule has 0 radical (unpaired) electrons. The van der Waals surface area contributed by atoms with E-state index < -0.39 is 34.2 Å². The average Bonchev–Trinajstić information content (AvgIpc) is 2.73. The Labute approximate surface area is 180 Å². The highest BCUT2D eigenvalue weighted by atomic mass is 32.2. The SMILES string of the molecule is COC[C@H]1CN(S(=O)(=O)c2ccc(OCc3ccc(F)cc3)cc2)[C@@H](C(=O)O)[C@H](C)O1. The molecule has 0 aliphatic carbocycles. The van der Waals surface area contributed by atoms with Crippen LogP contribution in [-0.2, 0) is 30.9 Å². The second kappa shape index (κ2) is 9.73. The first-order valence-electron chi connectivity index (χ1n) is 9.58. The molecule has 0 unspecified atom stereocenters. The lowest BCUT2D eigenvalue weighted by Gasteiger charge is -2.40. The van der Waals surface area contributed by atoms with Gasteiger partial charge in [0, 0.05) is 13.7 Å². The van der Waals surface area contributed by atoms with Crippen molar-refractivity contribution >= 4 is 16.0 Å². The Morgan fingerprint density at radius 2 is 1.84 bits per heavy atom. The first-order valence-corrected chi connectivity index (χ1v) is 11.0. The minimum absolute atomic E-state index is 0.0573. The first kappa shape index (κ1) is 23.1. The molecule has 1 aliphatic rings. The van der Waals surface area contributed by atoms with E-state index in [1.54, 1.807) is 12.1 Å². The summed E-state index contributed by atoms with van der Waals surface area (Å²) in [5, 5.41) is 9.58. The molecule has 2 aromatic rings. The van der Waals surface area contributed by atoms with Crippen molar-refractivity contribution in [3.05, 3.63) is 59.9 Å². The molecule has 1 saturated heterocycles. The lowest BCUT2D eigenvalue weighted by atomic mass is 10.1. The molecule has 10 heteroatoms. The van der Waals surface area contributed by atoms with Crippen LogP contribution >= 0.6 is 0 Å². The molecule has 3 atom stereocenters. The molecule has 31 heavy (non-hydrogen) atoms. The van der Waals surface area contributed by atoms with Crippen molar-refractivity contribution in [2.75, 3.05) is 20.3 Å². The maximum Gasteiger partial charge on any atom is 0.324 e. The largest absolute Gasteiger partial charge is 0.489 e. The number of aliphatic carboxylic acids is 1. The van der Waals surface area contributed by atoms with E-state index in [1.165, 1.54) is 50.4 Å². The molecule has 0 saturated carbocycles. The molecule has 0 amide bonds. The van der Waals surface area contributed by atoms with Crippen LogP contribution in [0.25, 0.3) is 0 Å². The number of sulfonamides is 1. The van der Waals surface area contributed by atoms with Gasteiger partial charge in [-0.2, -0.15) is 4.31 Å². The number of morpholine rings is 1. The molecule has 2 aromatic carbocycles. The quantitative estimate of drug-likeness (QED) is 0.654. The van der Waals surface area contributed by atoms with E-state index in [4.69, 9.17) is 14.2 Å². The third kappa shape index (κ3) is 5.40. The summed E-state index contributed by atoms with van der Waals surface area (Å²) in [6.45, 7) is 1.71. The van der Waals surface area contributed by atoms with Crippen molar-refractivity contribution in [2.45, 2.75) is 36.7 Å². The lowest BCUT2D eigenvalue weighted by Crippen LogP contribution is -2.59. The number of hydrogen-bond acceptors (Lipinski definition) is 6. The van der Waals surface area contributed by atoms with Crippen molar-refractivity contribution in [1.29, 1.82) is 0 Å². The molecule has 0 aromatic heterocycles. The number of carbonyl (C=O) groups is 1. The van der Waals surface area contributed by atoms with E-state index in [1.807, 2.05) is 0 Å². The van der Waals surface area contributed by atoms with Gasteiger partial charge >= 0.3 is 5.97 Å². The van der Waals surface area contributed by atoms with Gasteiger partial charge in [-0.1, -0.05) is 12.1 Å². The fraction of sp³-hybridized carbons (Fsp3) is 0.381. The van der Waals surface area contributed by atoms with Gasteiger partial charge in [-0.15, -0.1) is 0 Å². The molecule has 0 spiro atoms. The topological polar surface area (TPSA) is 102 Å². The molecule has 8 nitrogen and oxygen atoms in total. The molecule has 1 fully saturated rings. The van der Waals surface area contributed by atoms with Crippen molar-refractivity contribution < 1.29 is 36.9 Å². The summed E-state index contributed by atoms with van der Waals surface area (Å²) in [6.07, 6.45) is -1.43. The summed E-state index contributed by atoms with van der Waals surface area (Å²) in [5.41, 5.74) is 0.758. The summed E-state index contributed by atoms with van der Waals surface area (Å²) in [7, 11) is -2.65. The highest BCUT2D eigenvalue weighted by molar-refractivity contribution is 7.89. The third-order valence-corrected chi connectivity index (χ3v) is 6.76. The van der Waals surface area contributed by atoms with Crippen LogP contribution < -0.4 is 4.74 Å². The Morgan fingerprint density at radius 1 is 1.19 bits per heavy atom. The number of halogens is 1. The van der Waals surface area contributed by atoms with Crippen LogP contribution in [0.5, 0.6) is 5.75 Å². The summed E-state index contributed by atoms with van der Waals surface area (Å²) in [6, 6.07) is 10.2. The van der Waals surface area contributed by atoms with Crippen LogP contribution in [0.4, 0.5) is 4.39 Å². The van der Waals surface area contributed by atoms with Gasteiger partial charge in [0.1, 0.15) is 24.2 Å². The standard InChI is InChI=1S/C21H24FNO7S/c1-14-20(21(24)25)23(11-18(30-14)13-28-2)31(26,27)19-9-7-17(8-10-19)29-12-15-3-5-16(22)6-4-15/h3-10,14,18,20H,11-13H2,1-2H3,(H,24,25)/t14-,18+,20+/m0/s1. The number of ether oxygens (including phenoxy) is 3. The van der Waals surface area contributed by atoms with Crippen molar-refractivity contribution in [1.82, 2.24) is 4.31 Å². The molecule has 1 aliphatic heterocycles. The van der Waals surface area contributed by atoms with Crippen LogP contribution in [0.2, 0.25) is 0 Å². The number of rotatable bonds is 8. The van der Waals surface area contributed by atoms with E-state index in [0.29, 0.717) is 5.75 Å². The Bertz CT molecular complexity index is 995. The molecule has 1 N–H and O–H groups in total. The second-order valence-corrected chi connectivity index (χ2v) is 9.05. The number of benzene rings is 2. The molecule has 0 bridgehead atoms. The summed E-state index contributed by atoms with van der Waals surface area (Å²) in [4.78, 5) is 11.7. The number of nitrogens with zero attached hydrogens (tertiary/aromatic N) is 1. The summed E-state index contributed by atoms with van der Waals surface area (Å²) in [5.74, 6) is -1.21. The molecule has 1 heterocycles. The maximum absolute atomic E-state index is 13.2. The van der Waals surface area contributed by atoms with Gasteiger partial charge in [0.25, 0.3) is 0 Å². The smallest absolute Gasteiger partial charge is 0.324 e. The van der Waals surface area contributed by atoms with Crippen molar-refractivity contribution in [3.63, 3.8) is 0 Å². The van der Waals surface area contributed by atoms with Gasteiger partial charge in [0.05, 0.1) is 23.7 Å². The second-order valence-electron chi connectivity index (χ2n) is 7.16. The zero-order chi connectivity index (χ0) is 22.6. The van der Waals surface area contributed by atoms with Crippen molar-refractivity contribution in [3.8, 4) is 5.75 Å². The number of methoxy groups -OCH3 is 1. The third-order valence-electron chi connectivity index (χ3n) is 4.90. The zero-order valence-electron chi connectivity index (χ0n) is 17.1. The van der Waals surface area contributed by atoms with Gasteiger partial charge in [-0.05, 0) is 48.9 Å². The summed E-state index contributed by atoms with van der Waals surface area (Å²) < 4.78 is 56.6. The normalized spacial score (nSPS) is 22.2. The Balaban J connectivity index is 1.77. The minimum Gasteiger partial charge on any atom is -0.489 e. The highest BCUT2D eigenvalue weighted by Gasteiger charge is 2.45. The predicted molar refractivity (Wildman–Crippen MR) is 109 cm³/mol. The van der Waals surface area contributed by atoms with Crippen molar-refractivity contribution in [2.24, 2.45) is 0 Å². The van der Waals surface area contributed by atoms with E-state index in [2.05, 4.69) is 0 Å². The highest BCUT2D eigenvalue weighted by Crippen LogP contribution is 2.28. The number of carboxylic acids is 1. The fourth-order valence-electron chi connectivity index (χ4n) is 3.41. The average molecular weight is 453 g/mol. The van der Waals surface area contributed by atoms with E-state index in [9.17, 15) is 22.7 Å². The van der Waals surface area contributed by atoms with Gasteiger partial charge < -0.3 is 19.3 Å². The number of hydrogen-bond donors (Lipinski definition) is 1. The van der Waals surface area contributed by atoms with Crippen LogP contribution in [0.15, 0.2) is 53.4 Å². The van der Waals surface area contributed by atoms with Crippen LogP contribution in [0, 0.1) is 5.82 Å². The Hall–Kier alpha value is -2.53. The minimum atomic E-state index is -4.11. The molecular formula is C21H24FNO7S. The lowest BCUT2D eigenvalue weighted by molar-refractivity contribution is -0.159. The Kier molecular flexibility index (Phi) is 7.26. The monoisotopic (exact) mass is 453 g/mol. The van der Waals surface area contributed by atoms with Gasteiger partial charge in [0.2, 0.25) is 10.0 Å². The van der Waals surface area contributed by atoms with Crippen LogP contribution in [0.1, 0.15) is 12.5 Å². The van der Waals surface area contributed by atoms with Gasteiger partial charge in [0.15, 0.2) is 0 Å². The van der Waals surface area contributed by atoms with Gasteiger partial charge in [-0.3, -0.25) is 4.79 Å². The van der Waals surface area contributed by atoms with E-state index in [0.717, 1.165) is 9.87 Å². The van der Waals surface area contributed by atoms with Crippen LogP contribution in [0.3, 0.4) is 0 Å². The Morgan fingerprint density at radius 3 is 2.42 bits per heavy atom. The summed E-state index contributed by atoms with van der Waals surface area (Å²) >= 11 is 0. The first-order chi connectivity index (χ1) is 14.7. The maximum atomic E-state index is 13.2. The molecule has 3 rings (SSSR count).